The third-order valence-electron chi connectivity index (χ3n) is 4.08. The minimum absolute atomic E-state index is 0.0450. The molecule has 1 unspecified atom stereocenters. The Bertz CT molecular complexity index is 1050. The van der Waals surface area contributed by atoms with Crippen molar-refractivity contribution in [2.45, 2.75) is 25.6 Å². The van der Waals surface area contributed by atoms with Gasteiger partial charge >= 0.3 is 6.18 Å². The van der Waals surface area contributed by atoms with Crippen molar-refractivity contribution in [3.8, 4) is 5.75 Å². The number of aromatic nitrogens is 3. The number of aliphatic hydroxyl groups is 1. The zero-order chi connectivity index (χ0) is 21.2. The lowest BCUT2D eigenvalue weighted by molar-refractivity contribution is -0.139. The van der Waals surface area contributed by atoms with E-state index >= 15 is 0 Å². The van der Waals surface area contributed by atoms with E-state index in [1.807, 2.05) is 6.92 Å². The van der Waals surface area contributed by atoms with E-state index in [0.717, 1.165) is 6.07 Å². The molecule has 0 saturated heterocycles. The van der Waals surface area contributed by atoms with Gasteiger partial charge in [0.1, 0.15) is 18.5 Å². The van der Waals surface area contributed by atoms with Gasteiger partial charge in [0.05, 0.1) is 5.56 Å². The number of hydrogen-bond acceptors (Lipinski definition) is 7. The molecular weight excluding hydrogens is 409 g/mol. The molecule has 0 aliphatic rings. The second-order valence-corrected chi connectivity index (χ2v) is 7.29. The molecule has 0 saturated carbocycles. The Balaban J connectivity index is 1.67. The van der Waals surface area contributed by atoms with Crippen LogP contribution in [0.5, 0.6) is 5.75 Å². The maximum atomic E-state index is 13.0. The van der Waals surface area contributed by atoms with Crippen molar-refractivity contribution in [3.63, 3.8) is 0 Å². The number of para-hydroxylation sites is 1. The van der Waals surface area contributed by atoms with E-state index in [-0.39, 0.29) is 24.5 Å². The van der Waals surface area contributed by atoms with Crippen LogP contribution in [0, 0.1) is 0 Å². The van der Waals surface area contributed by atoms with Crippen LogP contribution in [0.2, 0.25) is 0 Å². The average Bonchev–Trinajstić information content (AvgIpc) is 3.10. The molecule has 2 heterocycles. The maximum Gasteiger partial charge on any atom is 0.419 e. The predicted molar refractivity (Wildman–Crippen MR) is 103 cm³/mol. The molecule has 0 bridgehead atoms. The SMILES string of the molecule is CCc1cc(=O)n2nc(N(C)CC(O)COc3ccccc3C(F)(F)F)sc2n1. The summed E-state index contributed by atoms with van der Waals surface area (Å²) in [6, 6.07) is 6.24. The van der Waals surface area contributed by atoms with E-state index in [0.29, 0.717) is 22.2 Å². The van der Waals surface area contributed by atoms with Gasteiger partial charge in [0, 0.05) is 25.4 Å². The molecule has 3 rings (SSSR count). The Kier molecular flexibility index (Phi) is 6.08. The highest BCUT2D eigenvalue weighted by Crippen LogP contribution is 2.35. The van der Waals surface area contributed by atoms with Crippen LogP contribution in [0.15, 0.2) is 35.1 Å². The number of nitrogens with zero attached hydrogens (tertiary/aromatic N) is 4. The number of anilines is 1. The topological polar surface area (TPSA) is 80.0 Å². The Morgan fingerprint density at radius 3 is 2.76 bits per heavy atom. The van der Waals surface area contributed by atoms with Crippen LogP contribution >= 0.6 is 11.3 Å². The molecule has 156 valence electrons. The normalized spacial score (nSPS) is 12.9. The highest BCUT2D eigenvalue weighted by molar-refractivity contribution is 7.20. The van der Waals surface area contributed by atoms with Gasteiger partial charge in [-0.3, -0.25) is 4.79 Å². The molecular formula is C18H19F3N4O3S. The van der Waals surface area contributed by atoms with Crippen LogP contribution < -0.4 is 15.2 Å². The minimum atomic E-state index is -4.54. The van der Waals surface area contributed by atoms with Crippen molar-refractivity contribution in [1.82, 2.24) is 14.6 Å². The fourth-order valence-corrected chi connectivity index (χ4v) is 3.54. The second kappa shape index (κ2) is 8.37. The average molecular weight is 428 g/mol. The first-order valence-corrected chi connectivity index (χ1v) is 9.58. The van der Waals surface area contributed by atoms with Crippen LogP contribution in [0.25, 0.3) is 4.96 Å². The second-order valence-electron chi connectivity index (χ2n) is 6.36. The summed E-state index contributed by atoms with van der Waals surface area (Å²) < 4.78 is 45.4. The maximum absolute atomic E-state index is 13.0. The molecule has 3 aromatic rings. The molecule has 11 heteroatoms. The van der Waals surface area contributed by atoms with Crippen molar-refractivity contribution in [2.24, 2.45) is 0 Å². The van der Waals surface area contributed by atoms with Gasteiger partial charge in [0.2, 0.25) is 10.1 Å². The molecule has 0 aliphatic carbocycles. The number of rotatable bonds is 7. The summed E-state index contributed by atoms with van der Waals surface area (Å²) >= 11 is 1.18. The molecule has 7 nitrogen and oxygen atoms in total. The third kappa shape index (κ3) is 4.85. The van der Waals surface area contributed by atoms with Gasteiger partial charge in [-0.1, -0.05) is 30.4 Å². The van der Waals surface area contributed by atoms with Crippen molar-refractivity contribution in [2.75, 3.05) is 25.1 Å². The summed E-state index contributed by atoms with van der Waals surface area (Å²) in [6.45, 7) is 1.60. The van der Waals surface area contributed by atoms with E-state index in [1.54, 1.807) is 11.9 Å². The largest absolute Gasteiger partial charge is 0.490 e. The van der Waals surface area contributed by atoms with Crippen LogP contribution in [0.1, 0.15) is 18.2 Å². The molecule has 2 aromatic heterocycles. The van der Waals surface area contributed by atoms with Gasteiger partial charge in [0.25, 0.3) is 5.56 Å². The monoisotopic (exact) mass is 428 g/mol. The molecule has 1 aromatic carbocycles. The van der Waals surface area contributed by atoms with Gasteiger partial charge < -0.3 is 14.7 Å². The number of hydrogen-bond donors (Lipinski definition) is 1. The molecule has 0 fully saturated rings. The summed E-state index contributed by atoms with van der Waals surface area (Å²) in [7, 11) is 1.65. The number of alkyl halides is 3. The number of benzene rings is 1. The van der Waals surface area contributed by atoms with E-state index in [4.69, 9.17) is 4.74 Å². The zero-order valence-corrected chi connectivity index (χ0v) is 16.5. The fraction of sp³-hybridized carbons (Fsp3) is 0.389. The molecule has 1 N–H and O–H groups in total. The number of aliphatic hydroxyl groups excluding tert-OH is 1. The fourth-order valence-electron chi connectivity index (χ4n) is 2.64. The summed E-state index contributed by atoms with van der Waals surface area (Å²) in [5.74, 6) is -0.343. The standard InChI is InChI=1S/C18H19F3N4O3S/c1-3-11-8-15(27)25-16(22-11)29-17(23-25)24(2)9-12(26)10-28-14-7-5-4-6-13(14)18(19,20)21/h4-8,12,26H,3,9-10H2,1-2H3. The Hall–Kier alpha value is -2.66. The van der Waals surface area contributed by atoms with Gasteiger partial charge in [-0.05, 0) is 18.6 Å². The molecule has 1 atom stereocenters. The quantitative estimate of drug-likeness (QED) is 0.623. The number of aryl methyl sites for hydroxylation is 1. The first kappa shape index (κ1) is 21.1. The molecule has 0 spiro atoms. The Morgan fingerprint density at radius 2 is 2.07 bits per heavy atom. The first-order valence-electron chi connectivity index (χ1n) is 8.77. The third-order valence-corrected chi connectivity index (χ3v) is 5.11. The number of halogens is 3. The van der Waals surface area contributed by atoms with Crippen LogP contribution in [-0.4, -0.2) is 46.0 Å². The van der Waals surface area contributed by atoms with Gasteiger partial charge in [-0.2, -0.15) is 17.7 Å². The minimum Gasteiger partial charge on any atom is -0.490 e. The van der Waals surface area contributed by atoms with Crippen molar-refractivity contribution in [1.29, 1.82) is 0 Å². The Morgan fingerprint density at radius 1 is 1.34 bits per heavy atom. The van der Waals surface area contributed by atoms with E-state index in [9.17, 15) is 23.1 Å². The summed E-state index contributed by atoms with van der Waals surface area (Å²) in [4.78, 5) is 18.4. The molecule has 0 amide bonds. The Labute approximate surface area is 168 Å². The van der Waals surface area contributed by atoms with Crippen molar-refractivity contribution < 1.29 is 23.0 Å². The highest BCUT2D eigenvalue weighted by Gasteiger charge is 2.34. The summed E-state index contributed by atoms with van der Waals surface area (Å²) in [5.41, 5.74) is -0.538. The van der Waals surface area contributed by atoms with Crippen molar-refractivity contribution >= 4 is 21.4 Å². The van der Waals surface area contributed by atoms with Crippen LogP contribution in [0.3, 0.4) is 0 Å². The van der Waals surface area contributed by atoms with Crippen LogP contribution in [-0.2, 0) is 12.6 Å². The number of ether oxygens (including phenoxy) is 1. The molecule has 29 heavy (non-hydrogen) atoms. The summed E-state index contributed by atoms with van der Waals surface area (Å²) in [6.07, 6.45) is -5.01. The molecule has 0 radical (unpaired) electrons. The van der Waals surface area contributed by atoms with Gasteiger partial charge in [0.15, 0.2) is 0 Å². The zero-order valence-electron chi connectivity index (χ0n) is 15.7. The lowest BCUT2D eigenvalue weighted by atomic mass is 10.2. The van der Waals surface area contributed by atoms with Gasteiger partial charge in [-0.25, -0.2) is 4.98 Å². The first-order chi connectivity index (χ1) is 13.7. The van der Waals surface area contributed by atoms with Gasteiger partial charge in [-0.15, -0.1) is 5.10 Å². The van der Waals surface area contributed by atoms with E-state index in [2.05, 4.69) is 10.1 Å². The number of likely N-dealkylation sites (N-methyl/N-ethyl adjacent to an activating group) is 1. The highest BCUT2D eigenvalue weighted by atomic mass is 32.1. The smallest absolute Gasteiger partial charge is 0.419 e. The predicted octanol–water partition coefficient (Wildman–Crippen LogP) is 2.61. The van der Waals surface area contributed by atoms with Crippen molar-refractivity contribution in [3.05, 3.63) is 51.9 Å². The van der Waals surface area contributed by atoms with E-state index in [1.165, 1.54) is 40.1 Å². The van der Waals surface area contributed by atoms with E-state index < -0.39 is 17.8 Å². The lowest BCUT2D eigenvalue weighted by Gasteiger charge is -2.20. The van der Waals surface area contributed by atoms with Crippen LogP contribution in [0.4, 0.5) is 18.3 Å². The molecule has 0 aliphatic heterocycles. The number of fused-ring (bicyclic) bond motifs is 1. The lowest BCUT2D eigenvalue weighted by Crippen LogP contribution is -2.33. The summed E-state index contributed by atoms with van der Waals surface area (Å²) in [5, 5.41) is 14.8.